The highest BCUT2D eigenvalue weighted by Crippen LogP contribution is 2.24. The van der Waals surface area contributed by atoms with Crippen LogP contribution in [0.4, 0.5) is 0 Å². The average Bonchev–Trinajstić information content (AvgIpc) is 2.51. The van der Waals surface area contributed by atoms with E-state index in [1.807, 2.05) is 12.1 Å². The van der Waals surface area contributed by atoms with Gasteiger partial charge in [0, 0.05) is 19.1 Å². The second kappa shape index (κ2) is 9.61. The lowest BCUT2D eigenvalue weighted by molar-refractivity contribution is -0.140. The van der Waals surface area contributed by atoms with Crippen LogP contribution < -0.4 is 0 Å². The van der Waals surface area contributed by atoms with Crippen molar-refractivity contribution >= 4 is 22.8 Å². The van der Waals surface area contributed by atoms with Crippen LogP contribution in [0.25, 0.3) is 0 Å². The molecule has 0 bridgehead atoms. The molecule has 1 rings (SSSR count). The van der Waals surface area contributed by atoms with E-state index in [1.54, 1.807) is 12.1 Å². The summed E-state index contributed by atoms with van der Waals surface area (Å²) in [6.45, 7) is 1.47. The summed E-state index contributed by atoms with van der Waals surface area (Å²) in [6.07, 6.45) is -1.02. The summed E-state index contributed by atoms with van der Waals surface area (Å²) in [5.74, 6) is 0.139. The number of aliphatic hydroxyl groups excluding tert-OH is 2. The third kappa shape index (κ3) is 6.17. The molecule has 1 aromatic rings. The minimum Gasteiger partial charge on any atom is -0.469 e. The minimum atomic E-state index is -1.04. The van der Waals surface area contributed by atoms with Gasteiger partial charge in [0.25, 0.3) is 0 Å². The molecule has 0 saturated carbocycles. The van der Waals surface area contributed by atoms with Crippen molar-refractivity contribution in [2.75, 3.05) is 12.9 Å². The fraction of sp³-hybridized carbons (Fsp3) is 0.500. The fourth-order valence-corrected chi connectivity index (χ4v) is 2.72. The lowest BCUT2D eigenvalue weighted by Crippen LogP contribution is -2.20. The molecule has 0 fully saturated rings. The van der Waals surface area contributed by atoms with E-state index in [0.717, 1.165) is 17.3 Å². The Labute approximate surface area is 134 Å². The summed E-state index contributed by atoms with van der Waals surface area (Å²) >= 11 is 1.12. The van der Waals surface area contributed by atoms with Crippen LogP contribution in [-0.4, -0.2) is 40.3 Å². The molecule has 0 aliphatic carbocycles. The summed E-state index contributed by atoms with van der Waals surface area (Å²) in [6, 6.07) is 7.15. The molecular weight excluding hydrogens is 304 g/mol. The number of methoxy groups -OCH3 is 1. The monoisotopic (exact) mass is 326 g/mol. The molecule has 22 heavy (non-hydrogen) atoms. The van der Waals surface area contributed by atoms with Gasteiger partial charge in [-0.1, -0.05) is 36.0 Å². The molecule has 0 aliphatic rings. The van der Waals surface area contributed by atoms with Gasteiger partial charge < -0.3 is 14.9 Å². The van der Waals surface area contributed by atoms with Crippen LogP contribution in [0.3, 0.4) is 0 Å². The maximum Gasteiger partial charge on any atom is 0.305 e. The first-order valence-electron chi connectivity index (χ1n) is 7.09. The van der Waals surface area contributed by atoms with Crippen molar-refractivity contribution in [1.82, 2.24) is 0 Å². The highest BCUT2D eigenvalue weighted by atomic mass is 32.2. The minimum absolute atomic E-state index is 0.0137. The Morgan fingerprint density at radius 1 is 1.27 bits per heavy atom. The van der Waals surface area contributed by atoms with Gasteiger partial charge >= 0.3 is 5.97 Å². The maximum absolute atomic E-state index is 11.2. The quantitative estimate of drug-likeness (QED) is 0.709. The molecule has 1 aromatic carbocycles. The van der Waals surface area contributed by atoms with E-state index in [4.69, 9.17) is 0 Å². The smallest absolute Gasteiger partial charge is 0.305 e. The molecule has 0 spiro atoms. The molecule has 122 valence electrons. The van der Waals surface area contributed by atoms with Gasteiger partial charge in [0.05, 0.1) is 13.2 Å². The van der Waals surface area contributed by atoms with Crippen molar-refractivity contribution in [2.24, 2.45) is 0 Å². The Hall–Kier alpha value is -1.37. The average molecular weight is 326 g/mol. The molecule has 2 atom stereocenters. The second-order valence-corrected chi connectivity index (χ2v) is 6.19. The van der Waals surface area contributed by atoms with Gasteiger partial charge in [-0.2, -0.15) is 0 Å². The van der Waals surface area contributed by atoms with Crippen LogP contribution in [0.1, 0.15) is 37.0 Å². The Morgan fingerprint density at radius 2 is 1.95 bits per heavy atom. The van der Waals surface area contributed by atoms with Gasteiger partial charge in [-0.25, -0.2) is 0 Å². The van der Waals surface area contributed by atoms with E-state index >= 15 is 0 Å². The SMILES string of the molecule is COC(=O)CCc1ccccc1C(O)C(O)CCSC(C)=O. The molecule has 2 unspecified atom stereocenters. The van der Waals surface area contributed by atoms with Crippen molar-refractivity contribution in [1.29, 1.82) is 0 Å². The van der Waals surface area contributed by atoms with Crippen molar-refractivity contribution in [3.8, 4) is 0 Å². The molecule has 0 heterocycles. The van der Waals surface area contributed by atoms with E-state index in [0.29, 0.717) is 24.2 Å². The summed E-state index contributed by atoms with van der Waals surface area (Å²) in [4.78, 5) is 22.1. The first-order valence-corrected chi connectivity index (χ1v) is 8.08. The molecule has 0 radical (unpaired) electrons. The van der Waals surface area contributed by atoms with Crippen molar-refractivity contribution < 1.29 is 24.5 Å². The molecule has 0 aromatic heterocycles. The molecule has 0 saturated heterocycles. The van der Waals surface area contributed by atoms with Crippen LogP contribution in [0.5, 0.6) is 0 Å². The van der Waals surface area contributed by atoms with E-state index in [-0.39, 0.29) is 17.5 Å². The standard InChI is InChI=1S/C16H22O5S/c1-11(17)22-10-9-14(18)16(20)13-6-4-3-5-12(13)7-8-15(19)21-2/h3-6,14,16,18,20H,7-10H2,1-2H3. The van der Waals surface area contributed by atoms with Gasteiger partial charge in [0.15, 0.2) is 5.12 Å². The zero-order valence-electron chi connectivity index (χ0n) is 12.8. The third-order valence-corrected chi connectivity index (χ3v) is 4.13. The fourth-order valence-electron chi connectivity index (χ4n) is 2.08. The number of carbonyl (C=O) groups is 2. The summed E-state index contributed by atoms with van der Waals surface area (Å²) in [7, 11) is 1.33. The second-order valence-electron chi connectivity index (χ2n) is 4.92. The third-order valence-electron chi connectivity index (χ3n) is 3.28. The molecule has 2 N–H and O–H groups in total. The Bertz CT molecular complexity index is 503. The highest BCUT2D eigenvalue weighted by Gasteiger charge is 2.21. The lowest BCUT2D eigenvalue weighted by atomic mass is 9.95. The molecule has 5 nitrogen and oxygen atoms in total. The largest absolute Gasteiger partial charge is 0.469 e. The number of carbonyl (C=O) groups excluding carboxylic acids is 2. The number of esters is 1. The number of aryl methyl sites for hydroxylation is 1. The number of thioether (sulfide) groups is 1. The van der Waals surface area contributed by atoms with Crippen LogP contribution >= 0.6 is 11.8 Å². The number of hydrogen-bond acceptors (Lipinski definition) is 6. The molecular formula is C16H22O5S. The van der Waals surface area contributed by atoms with Gasteiger partial charge in [-0.15, -0.1) is 0 Å². The van der Waals surface area contributed by atoms with Crippen LogP contribution in [0.2, 0.25) is 0 Å². The van der Waals surface area contributed by atoms with Gasteiger partial charge in [0.1, 0.15) is 6.10 Å². The van der Waals surface area contributed by atoms with Gasteiger partial charge in [-0.05, 0) is 24.0 Å². The van der Waals surface area contributed by atoms with Gasteiger partial charge in [-0.3, -0.25) is 9.59 Å². The Balaban J connectivity index is 2.69. The molecule has 0 aliphatic heterocycles. The number of benzene rings is 1. The van der Waals surface area contributed by atoms with Gasteiger partial charge in [0.2, 0.25) is 0 Å². The molecule has 6 heteroatoms. The van der Waals surface area contributed by atoms with Crippen LogP contribution in [0, 0.1) is 0 Å². The van der Waals surface area contributed by atoms with Crippen molar-refractivity contribution in [3.63, 3.8) is 0 Å². The zero-order valence-corrected chi connectivity index (χ0v) is 13.6. The van der Waals surface area contributed by atoms with Crippen LogP contribution in [0.15, 0.2) is 24.3 Å². The van der Waals surface area contributed by atoms with Crippen molar-refractivity contribution in [2.45, 2.75) is 38.4 Å². The van der Waals surface area contributed by atoms with E-state index in [1.165, 1.54) is 14.0 Å². The van der Waals surface area contributed by atoms with E-state index < -0.39 is 12.2 Å². The van der Waals surface area contributed by atoms with Crippen LogP contribution in [-0.2, 0) is 20.7 Å². The van der Waals surface area contributed by atoms with E-state index in [9.17, 15) is 19.8 Å². The topological polar surface area (TPSA) is 83.8 Å². The first kappa shape index (κ1) is 18.7. The summed E-state index contributed by atoms with van der Waals surface area (Å²) in [5.41, 5.74) is 1.41. The number of rotatable bonds is 8. The zero-order chi connectivity index (χ0) is 16.5. The Morgan fingerprint density at radius 3 is 2.59 bits per heavy atom. The normalized spacial score (nSPS) is 13.5. The highest BCUT2D eigenvalue weighted by molar-refractivity contribution is 8.13. The molecule has 0 amide bonds. The first-order chi connectivity index (χ1) is 10.5. The lowest BCUT2D eigenvalue weighted by Gasteiger charge is -2.20. The predicted octanol–water partition coefficient (Wildman–Crippen LogP) is 1.86. The number of hydrogen-bond donors (Lipinski definition) is 2. The number of aliphatic hydroxyl groups is 2. The maximum atomic E-state index is 11.2. The summed E-state index contributed by atoms with van der Waals surface area (Å²) < 4.78 is 4.61. The number of ether oxygens (including phenoxy) is 1. The van der Waals surface area contributed by atoms with E-state index in [2.05, 4.69) is 4.74 Å². The Kier molecular flexibility index (Phi) is 8.16. The summed E-state index contributed by atoms with van der Waals surface area (Å²) in [5, 5.41) is 20.3. The predicted molar refractivity (Wildman–Crippen MR) is 85.5 cm³/mol. The van der Waals surface area contributed by atoms with Crippen molar-refractivity contribution in [3.05, 3.63) is 35.4 Å².